The van der Waals surface area contributed by atoms with Crippen LogP contribution in [0, 0.1) is 0 Å². The molecule has 1 atom stereocenters. The largest absolute Gasteiger partial charge is 0.481 e. The Labute approximate surface area is 87.2 Å². The summed E-state index contributed by atoms with van der Waals surface area (Å²) in [6, 6.07) is 8.30. The summed E-state index contributed by atoms with van der Waals surface area (Å²) in [5, 5.41) is 8.53. The molecule has 1 aromatic rings. The summed E-state index contributed by atoms with van der Waals surface area (Å²) < 4.78 is 21.4. The van der Waals surface area contributed by atoms with Crippen molar-refractivity contribution in [2.24, 2.45) is 0 Å². The van der Waals surface area contributed by atoms with Gasteiger partial charge in [-0.15, -0.1) is 0 Å². The average Bonchev–Trinajstić information content (AvgIpc) is 2.18. The minimum atomic E-state index is -3.58. The Hall–Kier alpha value is -1.32. The second-order valence-electron chi connectivity index (χ2n) is 2.75. The molecule has 5 nitrogen and oxygen atoms in total. The Morgan fingerprint density at radius 1 is 1.40 bits per heavy atom. The zero-order valence-electron chi connectivity index (χ0n) is 8.12. The van der Waals surface area contributed by atoms with Crippen LogP contribution >= 0.6 is 7.60 Å². The summed E-state index contributed by atoms with van der Waals surface area (Å²) in [6.07, 6.45) is -0.654. The molecule has 0 fully saturated rings. The van der Waals surface area contributed by atoms with E-state index in [0.717, 1.165) is 7.11 Å². The molecule has 0 aromatic heterocycles. The van der Waals surface area contributed by atoms with Gasteiger partial charge in [0.2, 0.25) is 0 Å². The van der Waals surface area contributed by atoms with Crippen molar-refractivity contribution < 1.29 is 23.5 Å². The smallest absolute Gasteiger partial charge is 0.390 e. The summed E-state index contributed by atoms with van der Waals surface area (Å²) in [4.78, 5) is 10.4. The first-order valence-electron chi connectivity index (χ1n) is 4.17. The van der Waals surface area contributed by atoms with Gasteiger partial charge >= 0.3 is 13.6 Å². The molecule has 0 aliphatic heterocycles. The van der Waals surface area contributed by atoms with E-state index in [1.54, 1.807) is 30.3 Å². The molecule has 0 aliphatic carbocycles. The molecule has 0 radical (unpaired) electrons. The summed E-state index contributed by atoms with van der Waals surface area (Å²) in [7, 11) is -2.42. The molecule has 0 saturated carbocycles. The van der Waals surface area contributed by atoms with Crippen molar-refractivity contribution in [3.05, 3.63) is 30.3 Å². The third-order valence-corrected chi connectivity index (χ3v) is 3.30. The van der Waals surface area contributed by atoms with Crippen LogP contribution in [0.15, 0.2) is 30.3 Å². The Balaban J connectivity index is 2.77. The van der Waals surface area contributed by atoms with E-state index in [0.29, 0.717) is 5.75 Å². The van der Waals surface area contributed by atoms with Crippen molar-refractivity contribution in [2.75, 3.05) is 13.3 Å². The maximum atomic E-state index is 11.7. The van der Waals surface area contributed by atoms with Crippen molar-refractivity contribution in [1.82, 2.24) is 0 Å². The van der Waals surface area contributed by atoms with Gasteiger partial charge in [-0.1, -0.05) is 18.2 Å². The predicted octanol–water partition coefficient (Wildman–Crippen LogP) is 1.99. The molecule has 0 heterocycles. The van der Waals surface area contributed by atoms with Crippen molar-refractivity contribution in [3.8, 4) is 5.75 Å². The molecule has 1 aromatic carbocycles. The summed E-state index contributed by atoms with van der Waals surface area (Å²) in [5.74, 6) is -0.903. The highest BCUT2D eigenvalue weighted by Crippen LogP contribution is 2.46. The second kappa shape index (κ2) is 4.96. The number of aliphatic carboxylic acids is 1. The van der Waals surface area contributed by atoms with Gasteiger partial charge in [-0.2, -0.15) is 0 Å². The second-order valence-corrected chi connectivity index (χ2v) is 4.84. The third-order valence-electron chi connectivity index (χ3n) is 1.59. The number of carboxylic acid groups (broad SMARTS) is 1. The third kappa shape index (κ3) is 3.73. The molecule has 0 aliphatic rings. The van der Waals surface area contributed by atoms with Gasteiger partial charge in [0, 0.05) is 7.11 Å². The van der Waals surface area contributed by atoms with Crippen LogP contribution in [-0.4, -0.2) is 24.3 Å². The Kier molecular flexibility index (Phi) is 3.88. The van der Waals surface area contributed by atoms with Gasteiger partial charge in [0.25, 0.3) is 0 Å². The van der Waals surface area contributed by atoms with E-state index in [2.05, 4.69) is 4.52 Å². The minimum absolute atomic E-state index is 0.323. The number of benzene rings is 1. The van der Waals surface area contributed by atoms with E-state index < -0.39 is 19.7 Å². The molecule has 0 spiro atoms. The summed E-state index contributed by atoms with van der Waals surface area (Å²) in [6.45, 7) is 0. The molecule has 0 bridgehead atoms. The molecular weight excluding hydrogens is 219 g/mol. The summed E-state index contributed by atoms with van der Waals surface area (Å²) in [5.41, 5.74) is 0. The number of carbonyl (C=O) groups is 1. The number of hydrogen-bond acceptors (Lipinski definition) is 4. The quantitative estimate of drug-likeness (QED) is 0.783. The van der Waals surface area contributed by atoms with Crippen molar-refractivity contribution in [2.45, 2.75) is 0 Å². The molecular formula is C9H11O5P. The highest BCUT2D eigenvalue weighted by Gasteiger charge is 2.28. The van der Waals surface area contributed by atoms with Crippen LogP contribution in [-0.2, 0) is 13.9 Å². The van der Waals surface area contributed by atoms with E-state index in [1.807, 2.05) is 0 Å². The molecule has 6 heteroatoms. The fourth-order valence-corrected chi connectivity index (χ4v) is 1.98. The van der Waals surface area contributed by atoms with Crippen LogP contribution in [0.2, 0.25) is 0 Å². The SMILES string of the molecule is COP(=O)(CC(=O)O)Oc1ccccc1. The maximum absolute atomic E-state index is 11.7. The van der Waals surface area contributed by atoms with Gasteiger partial charge in [0.1, 0.15) is 5.75 Å². The lowest BCUT2D eigenvalue weighted by molar-refractivity contribution is -0.134. The Morgan fingerprint density at radius 2 is 2.00 bits per heavy atom. The van der Waals surface area contributed by atoms with E-state index in [1.165, 1.54) is 0 Å². The van der Waals surface area contributed by atoms with E-state index in [9.17, 15) is 9.36 Å². The fourth-order valence-electron chi connectivity index (χ4n) is 0.942. The first-order chi connectivity index (χ1) is 7.06. The molecule has 1 unspecified atom stereocenters. The molecule has 1 rings (SSSR count). The lowest BCUT2D eigenvalue weighted by atomic mass is 10.3. The zero-order chi connectivity index (χ0) is 11.3. The number of rotatable bonds is 5. The highest BCUT2D eigenvalue weighted by atomic mass is 31.2. The fraction of sp³-hybridized carbons (Fsp3) is 0.222. The van der Waals surface area contributed by atoms with Crippen LogP contribution < -0.4 is 4.52 Å². The molecule has 82 valence electrons. The van der Waals surface area contributed by atoms with E-state index in [4.69, 9.17) is 9.63 Å². The van der Waals surface area contributed by atoms with E-state index >= 15 is 0 Å². The standard InChI is InChI=1S/C9H11O5P/c1-13-15(12,7-9(10)11)14-8-5-3-2-4-6-8/h2-6H,7H2,1H3,(H,10,11). The van der Waals surface area contributed by atoms with Crippen LogP contribution in [0.25, 0.3) is 0 Å². The number of carboxylic acids is 1. The lowest BCUT2D eigenvalue weighted by Crippen LogP contribution is -2.08. The number of para-hydroxylation sites is 1. The average molecular weight is 230 g/mol. The van der Waals surface area contributed by atoms with Gasteiger partial charge in [-0.3, -0.25) is 4.79 Å². The molecule has 15 heavy (non-hydrogen) atoms. The van der Waals surface area contributed by atoms with Crippen LogP contribution in [0.1, 0.15) is 0 Å². The van der Waals surface area contributed by atoms with Crippen molar-refractivity contribution >= 4 is 13.6 Å². The topological polar surface area (TPSA) is 72.8 Å². The Morgan fingerprint density at radius 3 is 2.47 bits per heavy atom. The maximum Gasteiger partial charge on any atom is 0.390 e. The van der Waals surface area contributed by atoms with Gasteiger partial charge in [-0.05, 0) is 12.1 Å². The van der Waals surface area contributed by atoms with Crippen molar-refractivity contribution in [3.63, 3.8) is 0 Å². The van der Waals surface area contributed by atoms with Crippen LogP contribution in [0.3, 0.4) is 0 Å². The predicted molar refractivity (Wildman–Crippen MR) is 54.2 cm³/mol. The normalized spacial score (nSPS) is 14.2. The molecule has 0 saturated heterocycles. The lowest BCUT2D eigenvalue weighted by Gasteiger charge is -2.14. The zero-order valence-corrected chi connectivity index (χ0v) is 9.02. The highest BCUT2D eigenvalue weighted by molar-refractivity contribution is 7.55. The first-order valence-corrected chi connectivity index (χ1v) is 5.90. The monoisotopic (exact) mass is 230 g/mol. The van der Waals surface area contributed by atoms with Crippen LogP contribution in [0.5, 0.6) is 5.75 Å². The minimum Gasteiger partial charge on any atom is -0.481 e. The molecule has 1 N–H and O–H groups in total. The van der Waals surface area contributed by atoms with Gasteiger partial charge in [0.05, 0.1) is 0 Å². The van der Waals surface area contributed by atoms with Gasteiger partial charge < -0.3 is 14.2 Å². The van der Waals surface area contributed by atoms with Crippen molar-refractivity contribution in [1.29, 1.82) is 0 Å². The first kappa shape index (κ1) is 11.8. The van der Waals surface area contributed by atoms with Gasteiger partial charge in [0.15, 0.2) is 6.16 Å². The van der Waals surface area contributed by atoms with Gasteiger partial charge in [-0.25, -0.2) is 4.57 Å². The van der Waals surface area contributed by atoms with Crippen LogP contribution in [0.4, 0.5) is 0 Å². The molecule has 0 amide bonds. The number of hydrogen-bond donors (Lipinski definition) is 1. The van der Waals surface area contributed by atoms with E-state index in [-0.39, 0.29) is 0 Å². The Bertz CT molecular complexity index is 375. The summed E-state index contributed by atoms with van der Waals surface area (Å²) >= 11 is 0.